The zero-order chi connectivity index (χ0) is 22.7. The zero-order valence-electron chi connectivity index (χ0n) is 14.9. The highest BCUT2D eigenvalue weighted by Crippen LogP contribution is 2.34. The summed E-state index contributed by atoms with van der Waals surface area (Å²) < 4.78 is 69.5. The molecule has 0 saturated carbocycles. The monoisotopic (exact) mass is 446 g/mol. The van der Waals surface area contributed by atoms with Crippen molar-refractivity contribution in [3.8, 4) is 23.1 Å². The summed E-state index contributed by atoms with van der Waals surface area (Å²) in [5, 5.41) is 29.6. The molecule has 0 radical (unpaired) electrons. The van der Waals surface area contributed by atoms with E-state index in [-0.39, 0.29) is 23.4 Å². The van der Waals surface area contributed by atoms with E-state index in [0.717, 1.165) is 30.3 Å². The number of pyridine rings is 1. The first-order valence-corrected chi connectivity index (χ1v) is 9.27. The highest BCUT2D eigenvalue weighted by atomic mass is 32.2. The summed E-state index contributed by atoms with van der Waals surface area (Å²) in [6.07, 6.45) is 0. The topological polar surface area (TPSA) is 157 Å². The summed E-state index contributed by atoms with van der Waals surface area (Å²) in [5.74, 6) is -2.41. The number of aromatic nitrogens is 1. The molecule has 0 saturated heterocycles. The molecule has 1 heterocycles. The van der Waals surface area contributed by atoms with Crippen LogP contribution >= 0.6 is 0 Å². The van der Waals surface area contributed by atoms with Gasteiger partial charge in [0.15, 0.2) is 5.69 Å². The van der Waals surface area contributed by atoms with Crippen molar-refractivity contribution in [3.05, 3.63) is 52.0 Å². The molecule has 2 aromatic rings. The van der Waals surface area contributed by atoms with Crippen molar-refractivity contribution in [2.45, 2.75) is 12.4 Å². The lowest BCUT2D eigenvalue weighted by Gasteiger charge is -2.24. The molecule has 0 spiro atoms. The molecule has 0 aliphatic heterocycles. The van der Waals surface area contributed by atoms with Gasteiger partial charge in [-0.3, -0.25) is 0 Å². The number of nitrogens with zero attached hydrogens (tertiary/aromatic N) is 2. The van der Waals surface area contributed by atoms with Crippen molar-refractivity contribution >= 4 is 21.8 Å². The fourth-order valence-corrected chi connectivity index (χ4v) is 2.59. The Morgan fingerprint density at radius 3 is 2.33 bits per heavy atom. The number of carbonyl (C=O) groups is 1. The zero-order valence-corrected chi connectivity index (χ0v) is 15.7. The van der Waals surface area contributed by atoms with Gasteiger partial charge in [0.1, 0.15) is 17.3 Å². The second-order valence-electron chi connectivity index (χ2n) is 5.42. The van der Waals surface area contributed by atoms with Gasteiger partial charge < -0.3 is 24.6 Å². The highest BCUT2D eigenvalue weighted by molar-refractivity contribution is 7.87. The van der Waals surface area contributed by atoms with Crippen LogP contribution in [0.5, 0.6) is 5.88 Å². The van der Waals surface area contributed by atoms with E-state index in [9.17, 15) is 42.1 Å². The van der Waals surface area contributed by atoms with Crippen LogP contribution in [0.1, 0.15) is 23.0 Å². The van der Waals surface area contributed by atoms with Crippen LogP contribution in [0, 0.1) is 21.7 Å². The van der Waals surface area contributed by atoms with Crippen molar-refractivity contribution in [2.24, 2.45) is 0 Å². The molecule has 0 bridgehead atoms. The average molecular weight is 446 g/mol. The maximum absolute atomic E-state index is 12.7. The maximum Gasteiger partial charge on any atom is 0.534 e. The summed E-state index contributed by atoms with van der Waals surface area (Å²) in [6.45, 7) is 1.31. The van der Waals surface area contributed by atoms with E-state index < -0.39 is 44.0 Å². The fraction of sp³-hybridized carbons (Fsp3) is 0.188. The van der Waals surface area contributed by atoms with Gasteiger partial charge in [-0.05, 0) is 30.7 Å². The number of carbonyl (C=O) groups excluding carboxylic acids is 1. The van der Waals surface area contributed by atoms with Crippen LogP contribution in [0.2, 0.25) is 0 Å². The summed E-state index contributed by atoms with van der Waals surface area (Å²) in [7, 11) is -6.21. The predicted molar refractivity (Wildman–Crippen MR) is 93.3 cm³/mol. The summed E-state index contributed by atoms with van der Waals surface area (Å²) in [5.41, 5.74) is -7.63. The van der Waals surface area contributed by atoms with E-state index in [2.05, 4.69) is 9.17 Å². The molecule has 0 aliphatic rings. The quantitative estimate of drug-likeness (QED) is 0.301. The van der Waals surface area contributed by atoms with E-state index in [1.807, 2.05) is 0 Å². The summed E-state index contributed by atoms with van der Waals surface area (Å²) in [6, 6.07) is 6.92. The van der Waals surface area contributed by atoms with Crippen molar-refractivity contribution in [1.29, 1.82) is 5.26 Å². The number of ether oxygens (including phenoxy) is 1. The number of halogens is 3. The minimum Gasteiger partial charge on any atom is -0.628 e. The first-order valence-electron chi connectivity index (χ1n) is 7.86. The molecule has 2 rings (SSSR count). The predicted octanol–water partition coefficient (Wildman–Crippen LogP) is 1.54. The van der Waals surface area contributed by atoms with Crippen LogP contribution < -0.4 is 9.41 Å². The van der Waals surface area contributed by atoms with E-state index in [1.54, 1.807) is 0 Å². The number of nitriles is 1. The molecule has 0 amide bonds. The van der Waals surface area contributed by atoms with E-state index in [1.165, 1.54) is 13.0 Å². The number of benzene rings is 1. The van der Waals surface area contributed by atoms with Crippen molar-refractivity contribution in [1.82, 2.24) is 4.98 Å². The molecule has 0 unspecified atom stereocenters. The van der Waals surface area contributed by atoms with Crippen LogP contribution in [-0.4, -0.2) is 31.5 Å². The second kappa shape index (κ2) is 8.63. The first kappa shape index (κ1) is 23.0. The third kappa shape index (κ3) is 4.83. The number of esters is 1. The Labute approximate surface area is 167 Å². The van der Waals surface area contributed by atoms with Crippen LogP contribution in [-0.2, 0) is 14.9 Å². The molecule has 0 atom stereocenters. The maximum atomic E-state index is 12.7. The number of nitrogens with one attached hydrogen (secondary N) is 1. The number of alkyl halides is 3. The van der Waals surface area contributed by atoms with Crippen LogP contribution in [0.4, 0.5) is 18.9 Å². The molecule has 30 heavy (non-hydrogen) atoms. The van der Waals surface area contributed by atoms with Crippen LogP contribution in [0.3, 0.4) is 0 Å². The van der Waals surface area contributed by atoms with Crippen LogP contribution in [0.15, 0.2) is 30.3 Å². The van der Waals surface area contributed by atoms with Crippen molar-refractivity contribution < 1.29 is 40.5 Å². The largest absolute Gasteiger partial charge is 0.628 e. The molecule has 0 aliphatic carbocycles. The van der Waals surface area contributed by atoms with Gasteiger partial charge in [-0.25, -0.2) is 9.78 Å². The third-order valence-corrected chi connectivity index (χ3v) is 4.43. The number of rotatable bonds is 6. The van der Waals surface area contributed by atoms with Gasteiger partial charge in [-0.15, -0.1) is 0 Å². The van der Waals surface area contributed by atoms with Gasteiger partial charge in [0, 0.05) is 17.7 Å². The normalized spacial score (nSPS) is 11.8. The van der Waals surface area contributed by atoms with Gasteiger partial charge in [0.2, 0.25) is 0 Å². The molecule has 1 aromatic carbocycles. The minimum absolute atomic E-state index is 0.0544. The van der Waals surface area contributed by atoms with Crippen molar-refractivity contribution in [3.63, 3.8) is 0 Å². The second-order valence-corrected chi connectivity index (χ2v) is 6.95. The Morgan fingerprint density at radius 2 is 1.87 bits per heavy atom. The highest BCUT2D eigenvalue weighted by Gasteiger charge is 2.49. The minimum atomic E-state index is -6.21. The average Bonchev–Trinajstić information content (AvgIpc) is 2.66. The molecule has 0 fully saturated rings. The molecular formula is C16H11F3N3O7S-. The van der Waals surface area contributed by atoms with Gasteiger partial charge in [0.25, 0.3) is 5.88 Å². The third-order valence-electron chi connectivity index (χ3n) is 3.49. The van der Waals surface area contributed by atoms with E-state index in [0.29, 0.717) is 0 Å². The summed E-state index contributed by atoms with van der Waals surface area (Å²) in [4.78, 5) is 15.4. The SMILES string of the molecule is CCOC(=O)c1cc(-c2ccc([NH+]([O-])[O-])cc2)c(C#N)c(OS(=O)(=O)C(F)(F)F)n1. The molecule has 14 heteroatoms. The van der Waals surface area contributed by atoms with Crippen LogP contribution in [0.25, 0.3) is 11.1 Å². The number of hydrogen-bond acceptors (Lipinski definition) is 9. The lowest BCUT2D eigenvalue weighted by atomic mass is 10.0. The Hall–Kier alpha value is -3.25. The lowest BCUT2D eigenvalue weighted by molar-refractivity contribution is -0.715. The van der Waals surface area contributed by atoms with Gasteiger partial charge in [-0.2, -0.15) is 26.9 Å². The molecule has 10 nitrogen and oxygen atoms in total. The first-order chi connectivity index (χ1) is 13.9. The lowest BCUT2D eigenvalue weighted by Crippen LogP contribution is -2.96. The van der Waals surface area contributed by atoms with E-state index >= 15 is 0 Å². The standard InChI is InChI=1S/C16H11F3N3O7S/c1-2-28-15(23)13-7-11(9-3-5-10(6-4-9)22(24)25)12(8-20)14(21-13)29-30(26,27)16(17,18)19/h3-7,22H,2H2,1H3/q-1. The fourth-order valence-electron chi connectivity index (χ4n) is 2.16. The summed E-state index contributed by atoms with van der Waals surface area (Å²) >= 11 is 0. The molecule has 1 N–H and O–H groups in total. The Kier molecular flexibility index (Phi) is 6.63. The molecule has 160 valence electrons. The number of hydrogen-bond donors (Lipinski definition) is 1. The van der Waals surface area contributed by atoms with E-state index in [4.69, 9.17) is 4.74 Å². The van der Waals surface area contributed by atoms with Gasteiger partial charge in [0.05, 0.1) is 6.61 Å². The molecule has 1 aromatic heterocycles. The van der Waals surface area contributed by atoms with Gasteiger partial charge in [-0.1, -0.05) is 0 Å². The smallest absolute Gasteiger partial charge is 0.534 e. The Balaban J connectivity index is 2.73. The van der Waals surface area contributed by atoms with Crippen molar-refractivity contribution in [2.75, 3.05) is 6.61 Å². The Morgan fingerprint density at radius 1 is 1.27 bits per heavy atom. The number of quaternary nitrogens is 1. The molecular weight excluding hydrogens is 435 g/mol. The van der Waals surface area contributed by atoms with Gasteiger partial charge >= 0.3 is 21.6 Å². The Bertz CT molecular complexity index is 1090.